The highest BCUT2D eigenvalue weighted by Gasteiger charge is 2.32. The molecule has 0 bridgehead atoms. The summed E-state index contributed by atoms with van der Waals surface area (Å²) in [6.45, 7) is 0.0882. The lowest BCUT2D eigenvalue weighted by atomic mass is 10.3. The summed E-state index contributed by atoms with van der Waals surface area (Å²) in [6.07, 6.45) is -4.02. The van der Waals surface area contributed by atoms with Gasteiger partial charge in [-0.1, -0.05) is 11.6 Å². The Hall–Kier alpha value is -1.91. The van der Waals surface area contributed by atoms with E-state index < -0.39 is 37.6 Å². The fourth-order valence-corrected chi connectivity index (χ4v) is 3.37. The first-order chi connectivity index (χ1) is 12.1. The molecule has 11 heteroatoms. The standard InChI is InChI=1S/C15H13ClF4N2O3S/c16-13-8-10(15(18,19)20)9-21-14(13)26(23,24)22-6-1-7-25-12-4-2-11(17)3-5-12/h2-5,8-9,22H,1,6-7H2. The summed E-state index contributed by atoms with van der Waals surface area (Å²) in [5.74, 6) is 0.00716. The Balaban J connectivity index is 1.89. The van der Waals surface area contributed by atoms with Crippen molar-refractivity contribution < 1.29 is 30.7 Å². The van der Waals surface area contributed by atoms with Gasteiger partial charge in [-0.3, -0.25) is 0 Å². The molecule has 0 saturated heterocycles. The van der Waals surface area contributed by atoms with E-state index in [9.17, 15) is 26.0 Å². The first-order valence-corrected chi connectivity index (χ1v) is 9.06. The molecule has 1 aromatic carbocycles. The van der Waals surface area contributed by atoms with Gasteiger partial charge in [0, 0.05) is 12.7 Å². The number of halogens is 5. The molecule has 0 aliphatic carbocycles. The second-order valence-corrected chi connectivity index (χ2v) is 7.15. The van der Waals surface area contributed by atoms with Crippen molar-refractivity contribution in [3.8, 4) is 5.75 Å². The molecular weight excluding hydrogens is 400 g/mol. The predicted molar refractivity (Wildman–Crippen MR) is 85.9 cm³/mol. The van der Waals surface area contributed by atoms with E-state index in [1.807, 2.05) is 0 Å². The number of benzene rings is 1. The van der Waals surface area contributed by atoms with Crippen LogP contribution in [0.3, 0.4) is 0 Å². The van der Waals surface area contributed by atoms with Crippen LogP contribution in [-0.2, 0) is 16.2 Å². The van der Waals surface area contributed by atoms with Crippen LogP contribution in [0.25, 0.3) is 0 Å². The molecule has 5 nitrogen and oxygen atoms in total. The zero-order chi connectivity index (χ0) is 19.4. The van der Waals surface area contributed by atoms with Crippen molar-refractivity contribution in [3.05, 3.63) is 52.9 Å². The number of nitrogens with one attached hydrogen (secondary N) is 1. The molecule has 1 heterocycles. The van der Waals surface area contributed by atoms with E-state index in [0.717, 1.165) is 0 Å². The Labute approximate surface area is 152 Å². The molecule has 0 amide bonds. The predicted octanol–water partition coefficient (Wildman–Crippen LogP) is 3.64. The normalized spacial score (nSPS) is 12.2. The third-order valence-electron chi connectivity index (χ3n) is 3.08. The van der Waals surface area contributed by atoms with Crippen molar-refractivity contribution in [1.82, 2.24) is 9.71 Å². The zero-order valence-corrected chi connectivity index (χ0v) is 14.6. The molecule has 0 aliphatic rings. The molecule has 0 radical (unpaired) electrons. The van der Waals surface area contributed by atoms with Crippen molar-refractivity contribution >= 4 is 21.6 Å². The summed E-state index contributed by atoms with van der Waals surface area (Å²) in [6, 6.07) is 5.78. The average molecular weight is 413 g/mol. The van der Waals surface area contributed by atoms with E-state index in [-0.39, 0.29) is 19.6 Å². The molecule has 0 saturated carbocycles. The van der Waals surface area contributed by atoms with Crippen molar-refractivity contribution in [2.45, 2.75) is 17.6 Å². The Morgan fingerprint density at radius 2 is 1.85 bits per heavy atom. The lowest BCUT2D eigenvalue weighted by molar-refractivity contribution is -0.137. The van der Waals surface area contributed by atoms with Gasteiger partial charge in [-0.2, -0.15) is 13.2 Å². The van der Waals surface area contributed by atoms with Crippen LogP contribution < -0.4 is 9.46 Å². The van der Waals surface area contributed by atoms with Crippen molar-refractivity contribution in [2.24, 2.45) is 0 Å². The van der Waals surface area contributed by atoms with Gasteiger partial charge in [-0.25, -0.2) is 22.5 Å². The van der Waals surface area contributed by atoms with Gasteiger partial charge in [0.05, 0.1) is 17.2 Å². The molecule has 2 aromatic rings. The number of hydrogen-bond donors (Lipinski definition) is 1. The Morgan fingerprint density at radius 3 is 2.42 bits per heavy atom. The molecular formula is C15H13ClF4N2O3S. The van der Waals surface area contributed by atoms with Crippen LogP contribution in [0, 0.1) is 5.82 Å². The second-order valence-electron chi connectivity index (χ2n) is 5.06. The van der Waals surface area contributed by atoms with Gasteiger partial charge in [0.1, 0.15) is 11.6 Å². The fourth-order valence-electron chi connectivity index (χ4n) is 1.85. The van der Waals surface area contributed by atoms with Crippen LogP contribution in [0.4, 0.5) is 17.6 Å². The summed E-state index contributed by atoms with van der Waals surface area (Å²) in [7, 11) is -4.17. The summed E-state index contributed by atoms with van der Waals surface area (Å²) in [5, 5.41) is -1.32. The molecule has 1 N–H and O–H groups in total. The fraction of sp³-hybridized carbons (Fsp3) is 0.267. The number of nitrogens with zero attached hydrogens (tertiary/aromatic N) is 1. The highest BCUT2D eigenvalue weighted by atomic mass is 35.5. The third kappa shape index (κ3) is 5.55. The Bertz CT molecular complexity index is 858. The Kier molecular flexibility index (Phi) is 6.43. The van der Waals surface area contributed by atoms with Gasteiger partial charge in [-0.15, -0.1) is 0 Å². The summed E-state index contributed by atoms with van der Waals surface area (Å²) >= 11 is 5.62. The first kappa shape index (κ1) is 20.4. The van der Waals surface area contributed by atoms with Crippen molar-refractivity contribution in [3.63, 3.8) is 0 Å². The van der Waals surface area contributed by atoms with Gasteiger partial charge >= 0.3 is 6.18 Å². The summed E-state index contributed by atoms with van der Waals surface area (Å²) in [4.78, 5) is 3.30. The highest BCUT2D eigenvalue weighted by molar-refractivity contribution is 7.89. The van der Waals surface area contributed by atoms with E-state index in [1.165, 1.54) is 24.3 Å². The topological polar surface area (TPSA) is 68.3 Å². The molecule has 1 aromatic heterocycles. The van der Waals surface area contributed by atoms with Gasteiger partial charge in [0.2, 0.25) is 0 Å². The van der Waals surface area contributed by atoms with Crippen LogP contribution >= 0.6 is 11.6 Å². The molecule has 0 fully saturated rings. The summed E-state index contributed by atoms with van der Waals surface area (Å²) in [5.41, 5.74) is -1.14. The molecule has 0 atom stereocenters. The number of pyridine rings is 1. The number of aromatic nitrogens is 1. The van der Waals surface area contributed by atoms with Crippen LogP contribution in [-0.4, -0.2) is 26.6 Å². The second kappa shape index (κ2) is 8.19. The number of alkyl halides is 3. The van der Waals surface area contributed by atoms with E-state index in [2.05, 4.69) is 9.71 Å². The molecule has 142 valence electrons. The largest absolute Gasteiger partial charge is 0.494 e. The molecule has 0 unspecified atom stereocenters. The van der Waals surface area contributed by atoms with E-state index >= 15 is 0 Å². The maximum absolute atomic E-state index is 12.7. The monoisotopic (exact) mass is 412 g/mol. The van der Waals surface area contributed by atoms with E-state index in [0.29, 0.717) is 18.0 Å². The average Bonchev–Trinajstić information content (AvgIpc) is 2.55. The van der Waals surface area contributed by atoms with Gasteiger partial charge in [0.15, 0.2) is 5.03 Å². The van der Waals surface area contributed by atoms with Crippen LogP contribution in [0.15, 0.2) is 41.6 Å². The number of rotatable bonds is 7. The van der Waals surface area contributed by atoms with Crippen molar-refractivity contribution in [1.29, 1.82) is 0 Å². The molecule has 2 rings (SSSR count). The minimum absolute atomic E-state index is 0.0530. The molecule has 26 heavy (non-hydrogen) atoms. The number of hydrogen-bond acceptors (Lipinski definition) is 4. The van der Waals surface area contributed by atoms with Crippen LogP contribution in [0.5, 0.6) is 5.75 Å². The van der Waals surface area contributed by atoms with Crippen molar-refractivity contribution in [2.75, 3.05) is 13.2 Å². The van der Waals surface area contributed by atoms with Gasteiger partial charge in [-0.05, 0) is 36.8 Å². The maximum Gasteiger partial charge on any atom is 0.417 e. The maximum atomic E-state index is 12.7. The van der Waals surface area contributed by atoms with E-state index in [4.69, 9.17) is 16.3 Å². The highest BCUT2D eigenvalue weighted by Crippen LogP contribution is 2.32. The van der Waals surface area contributed by atoms with Crippen LogP contribution in [0.1, 0.15) is 12.0 Å². The van der Waals surface area contributed by atoms with Gasteiger partial charge in [0.25, 0.3) is 10.0 Å². The smallest absolute Gasteiger partial charge is 0.417 e. The minimum atomic E-state index is -4.68. The zero-order valence-electron chi connectivity index (χ0n) is 13.1. The number of ether oxygens (including phenoxy) is 1. The summed E-state index contributed by atoms with van der Waals surface area (Å²) < 4.78 is 82.0. The number of sulfonamides is 1. The minimum Gasteiger partial charge on any atom is -0.494 e. The molecule has 0 spiro atoms. The van der Waals surface area contributed by atoms with Gasteiger partial charge < -0.3 is 4.74 Å². The lowest BCUT2D eigenvalue weighted by Crippen LogP contribution is -2.27. The quantitative estimate of drug-likeness (QED) is 0.557. The lowest BCUT2D eigenvalue weighted by Gasteiger charge is -2.11. The molecule has 0 aliphatic heterocycles. The third-order valence-corrected chi connectivity index (χ3v) is 4.90. The first-order valence-electron chi connectivity index (χ1n) is 7.20. The Morgan fingerprint density at radius 1 is 1.19 bits per heavy atom. The van der Waals surface area contributed by atoms with Crippen LogP contribution in [0.2, 0.25) is 5.02 Å². The van der Waals surface area contributed by atoms with E-state index in [1.54, 1.807) is 0 Å². The SMILES string of the molecule is O=S(=O)(NCCCOc1ccc(F)cc1)c1ncc(C(F)(F)F)cc1Cl.